The summed E-state index contributed by atoms with van der Waals surface area (Å²) >= 11 is 0. The minimum absolute atomic E-state index is 0.0954. The lowest BCUT2D eigenvalue weighted by atomic mass is 10.00. The lowest BCUT2D eigenvalue weighted by Gasteiger charge is -2.20. The lowest BCUT2D eigenvalue weighted by Crippen LogP contribution is -2.30. The van der Waals surface area contributed by atoms with Gasteiger partial charge in [0, 0.05) is 37.5 Å². The minimum Gasteiger partial charge on any atom is -0.462 e. The first-order valence-electron chi connectivity index (χ1n) is 30.7. The molecule has 4 atom stereocenters. The van der Waals surface area contributed by atoms with Crippen LogP contribution >= 0.6 is 0 Å². The standard InChI is InChI=1S/C64H110O12/c1-7-13-16-18-20-21-22-23-24-25-27-33-40-50-62(68)71-53-58(54-72-63(69)51-41-34-28-31-38-46-55(73-59(65)10-4)45-37-30-26-19-17-14-8-2)76-64(70)52-42-35-29-32-39-47-57(75-61(67)12-6)49-43-48-56(44-36-15-9-3)74-60(66)11-5/h10-12,21-22,55-58H,4-9,13-20,23-54H2,1-3H3. The molecule has 76 heavy (non-hydrogen) atoms. The van der Waals surface area contributed by atoms with Crippen molar-refractivity contribution >= 4 is 35.8 Å². The fourth-order valence-corrected chi connectivity index (χ4v) is 9.15. The minimum atomic E-state index is -0.903. The number of unbranched alkanes of at least 4 members (excludes halogenated alkanes) is 25. The largest absolute Gasteiger partial charge is 0.462 e. The van der Waals surface area contributed by atoms with Crippen LogP contribution in [0.25, 0.3) is 0 Å². The van der Waals surface area contributed by atoms with Crippen LogP contribution in [0, 0.1) is 0 Å². The molecule has 12 heteroatoms. The summed E-state index contributed by atoms with van der Waals surface area (Å²) in [7, 11) is 0. The van der Waals surface area contributed by atoms with Crippen LogP contribution in [0.2, 0.25) is 0 Å². The highest BCUT2D eigenvalue weighted by Crippen LogP contribution is 2.21. The topological polar surface area (TPSA) is 158 Å². The van der Waals surface area contributed by atoms with Gasteiger partial charge in [-0.2, -0.15) is 0 Å². The molecule has 0 aromatic carbocycles. The predicted octanol–water partition coefficient (Wildman–Crippen LogP) is 16.9. The van der Waals surface area contributed by atoms with Gasteiger partial charge in [0.25, 0.3) is 0 Å². The smallest absolute Gasteiger partial charge is 0.330 e. The first kappa shape index (κ1) is 71.8. The van der Waals surface area contributed by atoms with Crippen molar-refractivity contribution < 1.29 is 57.2 Å². The van der Waals surface area contributed by atoms with E-state index in [0.29, 0.717) is 32.1 Å². The van der Waals surface area contributed by atoms with Gasteiger partial charge in [0.15, 0.2) is 6.10 Å². The zero-order valence-electron chi connectivity index (χ0n) is 48.6. The zero-order valence-corrected chi connectivity index (χ0v) is 48.6. The number of allylic oxidation sites excluding steroid dienone is 2. The van der Waals surface area contributed by atoms with Crippen molar-refractivity contribution in [2.45, 2.75) is 308 Å². The molecule has 4 unspecified atom stereocenters. The molecule has 0 bridgehead atoms. The molecule has 0 heterocycles. The Kier molecular flexibility index (Phi) is 51.1. The predicted molar refractivity (Wildman–Crippen MR) is 307 cm³/mol. The van der Waals surface area contributed by atoms with Gasteiger partial charge in [-0.3, -0.25) is 14.4 Å². The number of rotatable bonds is 56. The molecule has 0 N–H and O–H groups in total. The average Bonchev–Trinajstić information content (AvgIpc) is 3.41. The van der Waals surface area contributed by atoms with E-state index in [2.05, 4.69) is 52.7 Å². The molecule has 0 saturated heterocycles. The van der Waals surface area contributed by atoms with Crippen molar-refractivity contribution in [1.82, 2.24) is 0 Å². The highest BCUT2D eigenvalue weighted by Gasteiger charge is 2.21. The highest BCUT2D eigenvalue weighted by atomic mass is 16.6. The van der Waals surface area contributed by atoms with E-state index in [1.54, 1.807) is 0 Å². The summed E-state index contributed by atoms with van der Waals surface area (Å²) < 4.78 is 33.7. The van der Waals surface area contributed by atoms with Crippen LogP contribution < -0.4 is 0 Å². The monoisotopic (exact) mass is 1070 g/mol. The Morgan fingerprint density at radius 2 is 0.592 bits per heavy atom. The molecule has 0 aliphatic carbocycles. The third-order valence-electron chi connectivity index (χ3n) is 13.8. The fraction of sp³-hybridized carbons (Fsp3) is 0.781. The van der Waals surface area contributed by atoms with E-state index in [9.17, 15) is 28.8 Å². The number of carbonyl (C=O) groups excluding carboxylic acids is 6. The SMILES string of the molecule is C=CC(=O)OC(CCCCCCCCC)CCCCCCCC(=O)OCC(COC(=O)CCCCCCCC=CCCCCCC)OC(=O)CCCCCCCC(CCCC(CCCCC)OC(=O)C=C)OC(=O)C=C. The van der Waals surface area contributed by atoms with Gasteiger partial charge in [0.2, 0.25) is 0 Å². The van der Waals surface area contributed by atoms with Crippen molar-refractivity contribution in [3.8, 4) is 0 Å². The molecule has 0 aliphatic rings. The normalized spacial score (nSPS) is 12.8. The van der Waals surface area contributed by atoms with Crippen molar-refractivity contribution in [2.24, 2.45) is 0 Å². The number of esters is 6. The van der Waals surface area contributed by atoms with E-state index in [1.807, 2.05) is 0 Å². The third-order valence-corrected chi connectivity index (χ3v) is 13.8. The van der Waals surface area contributed by atoms with Gasteiger partial charge in [0.1, 0.15) is 31.5 Å². The second kappa shape index (κ2) is 54.1. The first-order valence-corrected chi connectivity index (χ1v) is 30.7. The molecule has 0 aromatic rings. The quantitative estimate of drug-likeness (QED) is 0.0187. The summed E-state index contributed by atoms with van der Waals surface area (Å²) in [6.07, 6.45) is 45.1. The van der Waals surface area contributed by atoms with Crippen LogP contribution in [0.15, 0.2) is 50.1 Å². The molecule has 0 radical (unpaired) electrons. The van der Waals surface area contributed by atoms with Crippen LogP contribution in [0.4, 0.5) is 0 Å². The van der Waals surface area contributed by atoms with Gasteiger partial charge in [0.05, 0.1) is 0 Å². The number of ether oxygens (including phenoxy) is 6. The lowest BCUT2D eigenvalue weighted by molar-refractivity contribution is -0.167. The number of hydrogen-bond acceptors (Lipinski definition) is 12. The molecule has 438 valence electrons. The summed E-state index contributed by atoms with van der Waals surface area (Å²) in [6, 6.07) is 0. The second-order valence-corrected chi connectivity index (χ2v) is 20.8. The van der Waals surface area contributed by atoms with Crippen LogP contribution in [0.5, 0.6) is 0 Å². The van der Waals surface area contributed by atoms with Crippen LogP contribution in [-0.4, -0.2) is 73.4 Å². The maximum Gasteiger partial charge on any atom is 0.330 e. The Morgan fingerprint density at radius 1 is 0.316 bits per heavy atom. The van der Waals surface area contributed by atoms with E-state index in [0.717, 1.165) is 154 Å². The highest BCUT2D eigenvalue weighted by molar-refractivity contribution is 5.82. The van der Waals surface area contributed by atoms with Crippen molar-refractivity contribution in [3.05, 3.63) is 50.1 Å². The molecular formula is C64H110O12. The summed E-state index contributed by atoms with van der Waals surface area (Å²) in [4.78, 5) is 74.6. The number of hydrogen-bond donors (Lipinski definition) is 0. The molecule has 0 amide bonds. The third kappa shape index (κ3) is 48.2. The van der Waals surface area contributed by atoms with Crippen molar-refractivity contribution in [3.63, 3.8) is 0 Å². The summed E-state index contributed by atoms with van der Waals surface area (Å²) in [5, 5.41) is 0. The Bertz CT molecular complexity index is 1520. The van der Waals surface area contributed by atoms with E-state index < -0.39 is 24.0 Å². The average molecular weight is 1070 g/mol. The molecule has 0 saturated carbocycles. The maximum absolute atomic E-state index is 13.1. The molecule has 0 rings (SSSR count). The summed E-state index contributed by atoms with van der Waals surface area (Å²) in [6.45, 7) is 16.8. The first-order chi connectivity index (χ1) is 37.0. The van der Waals surface area contributed by atoms with E-state index >= 15 is 0 Å². The van der Waals surface area contributed by atoms with E-state index in [1.165, 1.54) is 76.0 Å². The zero-order chi connectivity index (χ0) is 56.0. The van der Waals surface area contributed by atoms with Gasteiger partial charge in [-0.1, -0.05) is 181 Å². The molecule has 0 aliphatic heterocycles. The Labute approximate surface area is 463 Å². The van der Waals surface area contributed by atoms with Gasteiger partial charge in [-0.15, -0.1) is 0 Å². The summed E-state index contributed by atoms with van der Waals surface area (Å²) in [5.41, 5.74) is 0. The number of carbonyl (C=O) groups is 6. The van der Waals surface area contributed by atoms with Crippen molar-refractivity contribution in [1.29, 1.82) is 0 Å². The van der Waals surface area contributed by atoms with Gasteiger partial charge in [-0.05, 0) is 116 Å². The van der Waals surface area contributed by atoms with Crippen molar-refractivity contribution in [2.75, 3.05) is 13.2 Å². The maximum atomic E-state index is 13.1. The van der Waals surface area contributed by atoms with Crippen LogP contribution in [0.3, 0.4) is 0 Å². The Balaban J connectivity index is 4.99. The van der Waals surface area contributed by atoms with Gasteiger partial charge < -0.3 is 28.4 Å². The van der Waals surface area contributed by atoms with E-state index in [-0.39, 0.29) is 68.7 Å². The molecule has 0 aromatic heterocycles. The molecule has 0 fully saturated rings. The Morgan fingerprint density at radius 3 is 0.961 bits per heavy atom. The Hall–Kier alpha value is -4.22. The second-order valence-electron chi connectivity index (χ2n) is 20.8. The summed E-state index contributed by atoms with van der Waals surface area (Å²) in [5.74, 6) is -2.42. The molecule has 0 spiro atoms. The van der Waals surface area contributed by atoms with E-state index in [4.69, 9.17) is 28.4 Å². The van der Waals surface area contributed by atoms with Crippen LogP contribution in [0.1, 0.15) is 284 Å². The molecule has 12 nitrogen and oxygen atoms in total. The van der Waals surface area contributed by atoms with Crippen LogP contribution in [-0.2, 0) is 57.2 Å². The fourth-order valence-electron chi connectivity index (χ4n) is 9.15. The molecular weight excluding hydrogens is 961 g/mol. The van der Waals surface area contributed by atoms with Gasteiger partial charge >= 0.3 is 35.8 Å². The van der Waals surface area contributed by atoms with Gasteiger partial charge in [-0.25, -0.2) is 14.4 Å².